The van der Waals surface area contributed by atoms with Crippen molar-refractivity contribution in [3.8, 4) is 0 Å². The average molecular weight is 192 g/mol. The number of carbonyl (C=O) groups is 1. The molecule has 1 fully saturated rings. The van der Waals surface area contributed by atoms with E-state index in [0.717, 1.165) is 12.8 Å². The minimum absolute atomic E-state index is 0.108. The lowest BCUT2D eigenvalue weighted by Gasteiger charge is -2.36. The molecule has 0 saturated heterocycles. The van der Waals surface area contributed by atoms with Gasteiger partial charge in [-0.1, -0.05) is 0 Å². The lowest BCUT2D eigenvalue weighted by Crippen LogP contribution is -2.52. The number of hydrogen-bond acceptors (Lipinski definition) is 2. The maximum absolute atomic E-state index is 11.1. The highest BCUT2D eigenvalue weighted by Crippen LogP contribution is 2.22. The van der Waals surface area contributed by atoms with Crippen LogP contribution in [0.1, 0.15) is 19.8 Å². The molecular weight excluding hydrogens is 178 g/mol. The molecule has 4 heteroatoms. The number of hydrogen-bond donors (Lipinski definition) is 1. The Morgan fingerprint density at radius 1 is 1.67 bits per heavy atom. The van der Waals surface area contributed by atoms with Crippen LogP contribution < -0.4 is 5.32 Å². The fourth-order valence-electron chi connectivity index (χ4n) is 1.21. The highest BCUT2D eigenvalue weighted by molar-refractivity contribution is 6.30. The summed E-state index contributed by atoms with van der Waals surface area (Å²) in [6.45, 7) is 1.66. The standard InChI is InChI=1S/C8H14ClNO2/c1-5(9)8(11)10-6-3-4-7(6)12-2/h5-7H,3-4H2,1-2H3,(H,10,11)/t5?,6-,7-/m1/s1. The van der Waals surface area contributed by atoms with E-state index in [4.69, 9.17) is 16.3 Å². The largest absolute Gasteiger partial charge is 0.379 e. The first-order valence-electron chi connectivity index (χ1n) is 4.12. The smallest absolute Gasteiger partial charge is 0.238 e. The molecule has 1 saturated carbocycles. The summed E-state index contributed by atoms with van der Waals surface area (Å²) in [6.07, 6.45) is 2.20. The van der Waals surface area contributed by atoms with Crippen LogP contribution >= 0.6 is 11.6 Å². The molecule has 1 amide bonds. The summed E-state index contributed by atoms with van der Waals surface area (Å²) in [7, 11) is 1.66. The van der Waals surface area contributed by atoms with E-state index in [1.54, 1.807) is 14.0 Å². The van der Waals surface area contributed by atoms with Gasteiger partial charge in [-0.2, -0.15) is 0 Å². The van der Waals surface area contributed by atoms with Gasteiger partial charge in [0.25, 0.3) is 0 Å². The molecule has 1 N–H and O–H groups in total. The molecule has 0 aromatic rings. The second-order valence-electron chi connectivity index (χ2n) is 3.08. The number of methoxy groups -OCH3 is 1. The van der Waals surface area contributed by atoms with Crippen molar-refractivity contribution in [2.24, 2.45) is 0 Å². The van der Waals surface area contributed by atoms with Gasteiger partial charge in [0, 0.05) is 7.11 Å². The lowest BCUT2D eigenvalue weighted by atomic mass is 9.89. The van der Waals surface area contributed by atoms with Crippen molar-refractivity contribution in [2.75, 3.05) is 7.11 Å². The van der Waals surface area contributed by atoms with E-state index in [1.165, 1.54) is 0 Å². The molecule has 1 aliphatic carbocycles. The summed E-state index contributed by atoms with van der Waals surface area (Å²) in [4.78, 5) is 11.1. The Balaban J connectivity index is 2.27. The second kappa shape index (κ2) is 4.10. The summed E-state index contributed by atoms with van der Waals surface area (Å²) in [6, 6.07) is 0.170. The zero-order valence-corrected chi connectivity index (χ0v) is 8.10. The maximum atomic E-state index is 11.1. The Kier molecular flexibility index (Phi) is 3.35. The average Bonchev–Trinajstić information content (AvgIpc) is 1.98. The summed E-state index contributed by atoms with van der Waals surface area (Å²) >= 11 is 5.59. The first-order valence-corrected chi connectivity index (χ1v) is 4.56. The molecule has 1 rings (SSSR count). The Morgan fingerprint density at radius 3 is 2.67 bits per heavy atom. The van der Waals surface area contributed by atoms with Crippen LogP contribution in [0.2, 0.25) is 0 Å². The van der Waals surface area contributed by atoms with Gasteiger partial charge in [0.05, 0.1) is 12.1 Å². The number of amides is 1. The molecule has 0 spiro atoms. The van der Waals surface area contributed by atoms with Crippen LogP contribution in [0.5, 0.6) is 0 Å². The Morgan fingerprint density at radius 2 is 2.33 bits per heavy atom. The predicted octanol–water partition coefficient (Wildman–Crippen LogP) is 0.907. The second-order valence-corrected chi connectivity index (χ2v) is 3.74. The molecule has 0 bridgehead atoms. The van der Waals surface area contributed by atoms with E-state index in [9.17, 15) is 4.79 Å². The molecule has 3 atom stereocenters. The fourth-order valence-corrected chi connectivity index (χ4v) is 1.28. The molecule has 0 aromatic carbocycles. The summed E-state index contributed by atoms with van der Waals surface area (Å²) < 4.78 is 5.12. The SMILES string of the molecule is CO[C@@H]1CC[C@H]1NC(=O)C(C)Cl. The van der Waals surface area contributed by atoms with Crippen molar-refractivity contribution in [3.63, 3.8) is 0 Å². The van der Waals surface area contributed by atoms with E-state index in [0.29, 0.717) is 0 Å². The zero-order chi connectivity index (χ0) is 9.14. The van der Waals surface area contributed by atoms with Crippen LogP contribution in [0.3, 0.4) is 0 Å². The molecule has 3 nitrogen and oxygen atoms in total. The topological polar surface area (TPSA) is 38.3 Å². The predicted molar refractivity (Wildman–Crippen MR) is 47.3 cm³/mol. The molecule has 1 aliphatic rings. The third kappa shape index (κ3) is 2.11. The molecule has 0 radical (unpaired) electrons. The first kappa shape index (κ1) is 9.81. The number of halogens is 1. The van der Waals surface area contributed by atoms with E-state index in [1.807, 2.05) is 0 Å². The normalized spacial score (nSPS) is 30.6. The van der Waals surface area contributed by atoms with Crippen molar-refractivity contribution in [1.29, 1.82) is 0 Å². The Bertz CT molecular complexity index is 170. The third-order valence-electron chi connectivity index (χ3n) is 2.20. The zero-order valence-electron chi connectivity index (χ0n) is 7.34. The molecular formula is C8H14ClNO2. The number of rotatable bonds is 3. The number of alkyl halides is 1. The van der Waals surface area contributed by atoms with Gasteiger partial charge in [-0.25, -0.2) is 0 Å². The summed E-state index contributed by atoms with van der Waals surface area (Å²) in [5.74, 6) is -0.108. The third-order valence-corrected chi connectivity index (χ3v) is 2.40. The van der Waals surface area contributed by atoms with Crippen LogP contribution in [0.4, 0.5) is 0 Å². The van der Waals surface area contributed by atoms with Crippen molar-refractivity contribution in [3.05, 3.63) is 0 Å². The highest BCUT2D eigenvalue weighted by atomic mass is 35.5. The number of carbonyl (C=O) groups excluding carboxylic acids is 1. The first-order chi connectivity index (χ1) is 5.65. The van der Waals surface area contributed by atoms with Gasteiger partial charge >= 0.3 is 0 Å². The van der Waals surface area contributed by atoms with Gasteiger partial charge in [0.1, 0.15) is 5.38 Å². The Labute approximate surface area is 77.4 Å². The van der Waals surface area contributed by atoms with Crippen molar-refractivity contribution in [1.82, 2.24) is 5.32 Å². The van der Waals surface area contributed by atoms with E-state index in [2.05, 4.69) is 5.32 Å². The fraction of sp³-hybridized carbons (Fsp3) is 0.875. The van der Waals surface area contributed by atoms with Gasteiger partial charge in [-0.15, -0.1) is 11.6 Å². The summed E-state index contributed by atoms with van der Waals surface area (Å²) in [5.41, 5.74) is 0. The van der Waals surface area contributed by atoms with E-state index >= 15 is 0 Å². The van der Waals surface area contributed by atoms with Gasteiger partial charge in [0.15, 0.2) is 0 Å². The van der Waals surface area contributed by atoms with Crippen LogP contribution in [0.25, 0.3) is 0 Å². The molecule has 12 heavy (non-hydrogen) atoms. The minimum atomic E-state index is -0.455. The van der Waals surface area contributed by atoms with Crippen LogP contribution in [-0.2, 0) is 9.53 Å². The monoisotopic (exact) mass is 191 g/mol. The molecule has 0 heterocycles. The molecule has 0 aromatic heterocycles. The molecule has 1 unspecified atom stereocenters. The molecule has 70 valence electrons. The number of ether oxygens (including phenoxy) is 1. The lowest BCUT2D eigenvalue weighted by molar-refractivity contribution is -0.123. The van der Waals surface area contributed by atoms with Crippen LogP contribution in [0, 0.1) is 0 Å². The van der Waals surface area contributed by atoms with E-state index < -0.39 is 5.38 Å². The van der Waals surface area contributed by atoms with Crippen LogP contribution in [0.15, 0.2) is 0 Å². The van der Waals surface area contributed by atoms with Crippen molar-refractivity contribution < 1.29 is 9.53 Å². The van der Waals surface area contributed by atoms with Gasteiger partial charge in [0.2, 0.25) is 5.91 Å². The number of nitrogens with one attached hydrogen (secondary N) is 1. The van der Waals surface area contributed by atoms with Gasteiger partial charge in [-0.3, -0.25) is 4.79 Å². The van der Waals surface area contributed by atoms with Crippen molar-refractivity contribution in [2.45, 2.75) is 37.3 Å². The quantitative estimate of drug-likeness (QED) is 0.674. The molecule has 0 aliphatic heterocycles. The highest BCUT2D eigenvalue weighted by Gasteiger charge is 2.32. The van der Waals surface area contributed by atoms with Crippen molar-refractivity contribution >= 4 is 17.5 Å². The maximum Gasteiger partial charge on any atom is 0.238 e. The Hall–Kier alpha value is -0.280. The minimum Gasteiger partial charge on any atom is -0.379 e. The van der Waals surface area contributed by atoms with Gasteiger partial charge < -0.3 is 10.1 Å². The van der Waals surface area contributed by atoms with Crippen LogP contribution in [-0.4, -0.2) is 30.5 Å². The van der Waals surface area contributed by atoms with E-state index in [-0.39, 0.29) is 18.1 Å². The van der Waals surface area contributed by atoms with Gasteiger partial charge in [-0.05, 0) is 19.8 Å². The summed E-state index contributed by atoms with van der Waals surface area (Å²) in [5, 5.41) is 2.37.